The second-order valence-electron chi connectivity index (χ2n) is 12.4. The summed E-state index contributed by atoms with van der Waals surface area (Å²) in [6.45, 7) is 4.61. The highest BCUT2D eigenvalue weighted by atomic mass is 16.6. The Labute approximate surface area is 272 Å². The van der Waals surface area contributed by atoms with E-state index in [9.17, 15) is 14.4 Å². The molecule has 0 spiro atoms. The van der Waals surface area contributed by atoms with E-state index in [1.54, 1.807) is 17.0 Å². The molecule has 3 aromatic rings. The van der Waals surface area contributed by atoms with Gasteiger partial charge in [0.15, 0.2) is 0 Å². The molecular formula is C37H47N5O4. The highest BCUT2D eigenvalue weighted by molar-refractivity contribution is 5.93. The lowest BCUT2D eigenvalue weighted by Crippen LogP contribution is -2.50. The molecule has 0 bridgehead atoms. The van der Waals surface area contributed by atoms with Gasteiger partial charge in [-0.1, -0.05) is 79.2 Å². The summed E-state index contributed by atoms with van der Waals surface area (Å²) < 4.78 is 5.80. The van der Waals surface area contributed by atoms with Gasteiger partial charge in [-0.25, -0.2) is 14.8 Å². The van der Waals surface area contributed by atoms with Gasteiger partial charge in [-0.05, 0) is 68.0 Å². The summed E-state index contributed by atoms with van der Waals surface area (Å²) in [5.41, 5.74) is 10.6. The third-order valence-electron chi connectivity index (χ3n) is 9.13. The Balaban J connectivity index is 1.10. The first-order valence-electron chi connectivity index (χ1n) is 16.6. The minimum Gasteiger partial charge on any atom is -0.446 e. The van der Waals surface area contributed by atoms with E-state index in [4.69, 9.17) is 10.5 Å². The SMILES string of the molecule is CN(CCOC(=O)N(c1ccccc1-c1ccccc1)N1CCCCC1)C(=O)CCc1ccc(CN2CCC(C(N)=O)CC2)cc1. The number of hydrogen-bond acceptors (Lipinski definition) is 6. The molecule has 46 heavy (non-hydrogen) atoms. The van der Waals surface area contributed by atoms with Crippen molar-refractivity contribution >= 4 is 23.6 Å². The molecule has 2 saturated heterocycles. The zero-order valence-corrected chi connectivity index (χ0v) is 27.0. The molecule has 3 aromatic carbocycles. The Morgan fingerprint density at radius 1 is 0.826 bits per heavy atom. The number of carbonyl (C=O) groups is 3. The zero-order valence-electron chi connectivity index (χ0n) is 27.0. The first kappa shape index (κ1) is 33.2. The van der Waals surface area contributed by atoms with Crippen LogP contribution in [0.25, 0.3) is 11.1 Å². The number of hydrazine groups is 1. The number of carbonyl (C=O) groups excluding carboxylic acids is 3. The third kappa shape index (κ3) is 8.95. The number of ether oxygens (including phenoxy) is 1. The average Bonchev–Trinajstić information content (AvgIpc) is 3.09. The fourth-order valence-corrected chi connectivity index (χ4v) is 6.31. The highest BCUT2D eigenvalue weighted by Crippen LogP contribution is 2.33. The summed E-state index contributed by atoms with van der Waals surface area (Å²) in [6.07, 6.45) is 5.44. The number of amides is 3. The summed E-state index contributed by atoms with van der Waals surface area (Å²) in [4.78, 5) is 42.0. The van der Waals surface area contributed by atoms with E-state index in [-0.39, 0.29) is 24.3 Å². The van der Waals surface area contributed by atoms with Crippen molar-refractivity contribution in [1.82, 2.24) is 14.8 Å². The van der Waals surface area contributed by atoms with Crippen LogP contribution in [0, 0.1) is 5.92 Å². The standard InChI is InChI=1S/C37H47N5O4/c1-39(35(43)19-18-29-14-16-30(17-15-29)28-40-24-20-32(21-25-40)36(38)44)26-27-46-37(45)42(41-22-8-3-9-23-41)34-13-7-6-12-33(34)31-10-4-2-5-11-31/h2,4-7,10-17,32H,3,8-9,18-28H2,1H3,(H2,38,44). The van der Waals surface area contributed by atoms with Crippen LogP contribution in [0.4, 0.5) is 10.5 Å². The van der Waals surface area contributed by atoms with Crippen molar-refractivity contribution in [2.75, 3.05) is 51.4 Å². The number of hydrogen-bond donors (Lipinski definition) is 1. The topological polar surface area (TPSA) is 99.4 Å². The summed E-state index contributed by atoms with van der Waals surface area (Å²) >= 11 is 0. The maximum atomic E-state index is 13.6. The molecule has 0 atom stereocenters. The van der Waals surface area contributed by atoms with Crippen molar-refractivity contribution in [2.24, 2.45) is 11.7 Å². The number of likely N-dealkylation sites (N-methyl/N-ethyl adjacent to an activating group) is 1. The lowest BCUT2D eigenvalue weighted by atomic mass is 9.96. The molecule has 2 heterocycles. The number of primary amides is 1. The van der Waals surface area contributed by atoms with Crippen LogP contribution in [0.15, 0.2) is 78.9 Å². The molecule has 3 amide bonds. The van der Waals surface area contributed by atoms with Gasteiger partial charge in [0.05, 0.1) is 12.2 Å². The van der Waals surface area contributed by atoms with Gasteiger partial charge in [-0.15, -0.1) is 0 Å². The number of likely N-dealkylation sites (tertiary alicyclic amines) is 1. The Bertz CT molecular complexity index is 1430. The van der Waals surface area contributed by atoms with E-state index < -0.39 is 6.09 Å². The fourth-order valence-electron chi connectivity index (χ4n) is 6.31. The lowest BCUT2D eigenvalue weighted by molar-refractivity contribution is -0.130. The lowest BCUT2D eigenvalue weighted by Gasteiger charge is -2.37. The number of para-hydroxylation sites is 1. The quantitative estimate of drug-likeness (QED) is 0.286. The second kappa shape index (κ2) is 16.4. The monoisotopic (exact) mass is 625 g/mol. The Morgan fingerprint density at radius 3 is 2.17 bits per heavy atom. The maximum absolute atomic E-state index is 13.6. The van der Waals surface area contributed by atoms with E-state index in [0.29, 0.717) is 19.4 Å². The van der Waals surface area contributed by atoms with Crippen LogP contribution in [-0.2, 0) is 27.3 Å². The van der Waals surface area contributed by atoms with E-state index in [1.807, 2.05) is 54.6 Å². The summed E-state index contributed by atoms with van der Waals surface area (Å²) in [7, 11) is 1.76. The number of anilines is 1. The minimum absolute atomic E-state index is 0.00183. The van der Waals surface area contributed by atoms with Gasteiger partial charge in [-0.3, -0.25) is 14.5 Å². The zero-order chi connectivity index (χ0) is 32.3. The molecule has 2 aliphatic rings. The van der Waals surface area contributed by atoms with E-state index in [0.717, 1.165) is 87.2 Å². The largest absolute Gasteiger partial charge is 0.446 e. The van der Waals surface area contributed by atoms with Gasteiger partial charge < -0.3 is 15.4 Å². The van der Waals surface area contributed by atoms with Crippen molar-refractivity contribution in [2.45, 2.75) is 51.5 Å². The van der Waals surface area contributed by atoms with Gasteiger partial charge in [0.1, 0.15) is 6.61 Å². The molecule has 0 unspecified atom stereocenters. The van der Waals surface area contributed by atoms with Gasteiger partial charge in [0.2, 0.25) is 11.8 Å². The molecule has 2 N–H and O–H groups in total. The Hall–Kier alpha value is -4.21. The molecule has 244 valence electrons. The Kier molecular flexibility index (Phi) is 11.8. The number of piperidine rings is 2. The van der Waals surface area contributed by atoms with E-state index in [2.05, 4.69) is 34.2 Å². The molecule has 0 aromatic heterocycles. The number of aryl methyl sites for hydroxylation is 1. The molecule has 9 heteroatoms. The van der Waals surface area contributed by atoms with Gasteiger partial charge in [-0.2, -0.15) is 0 Å². The molecule has 2 aliphatic heterocycles. The third-order valence-corrected chi connectivity index (χ3v) is 9.13. The predicted octanol–water partition coefficient (Wildman–Crippen LogP) is 5.49. The number of nitrogens with two attached hydrogens (primary N) is 1. The van der Waals surface area contributed by atoms with E-state index in [1.165, 1.54) is 5.56 Å². The smallest absolute Gasteiger partial charge is 0.429 e. The molecular weight excluding hydrogens is 578 g/mol. The highest BCUT2D eigenvalue weighted by Gasteiger charge is 2.28. The summed E-state index contributed by atoms with van der Waals surface area (Å²) in [6, 6.07) is 26.4. The van der Waals surface area contributed by atoms with Crippen LogP contribution in [0.3, 0.4) is 0 Å². The van der Waals surface area contributed by atoms with Crippen LogP contribution in [-0.4, -0.2) is 79.1 Å². The Morgan fingerprint density at radius 2 is 1.48 bits per heavy atom. The van der Waals surface area contributed by atoms with Crippen molar-refractivity contribution in [1.29, 1.82) is 0 Å². The van der Waals surface area contributed by atoms with Crippen LogP contribution in [0.5, 0.6) is 0 Å². The molecule has 5 rings (SSSR count). The molecule has 9 nitrogen and oxygen atoms in total. The minimum atomic E-state index is -0.427. The molecule has 0 radical (unpaired) electrons. The van der Waals surface area contributed by atoms with Crippen molar-refractivity contribution in [3.63, 3.8) is 0 Å². The van der Waals surface area contributed by atoms with Crippen molar-refractivity contribution < 1.29 is 19.1 Å². The average molecular weight is 626 g/mol. The van der Waals surface area contributed by atoms with Gasteiger partial charge in [0, 0.05) is 44.6 Å². The molecule has 2 fully saturated rings. The van der Waals surface area contributed by atoms with Crippen molar-refractivity contribution in [3.05, 3.63) is 90.0 Å². The van der Waals surface area contributed by atoms with Gasteiger partial charge in [0.25, 0.3) is 0 Å². The summed E-state index contributed by atoms with van der Waals surface area (Å²) in [5, 5.41) is 3.77. The van der Waals surface area contributed by atoms with Crippen LogP contribution in [0.1, 0.15) is 49.7 Å². The number of rotatable bonds is 12. The van der Waals surface area contributed by atoms with Crippen molar-refractivity contribution in [3.8, 4) is 11.1 Å². The van der Waals surface area contributed by atoms with Gasteiger partial charge >= 0.3 is 6.09 Å². The predicted molar refractivity (Wildman–Crippen MR) is 181 cm³/mol. The van der Waals surface area contributed by atoms with Crippen LogP contribution in [0.2, 0.25) is 0 Å². The van der Waals surface area contributed by atoms with E-state index >= 15 is 0 Å². The molecule has 0 aliphatic carbocycles. The maximum Gasteiger partial charge on any atom is 0.429 e. The van der Waals surface area contributed by atoms with Crippen LogP contribution >= 0.6 is 0 Å². The first-order chi connectivity index (χ1) is 22.4. The second-order valence-corrected chi connectivity index (χ2v) is 12.4. The fraction of sp³-hybridized carbons (Fsp3) is 0.432. The number of benzene rings is 3. The first-order valence-corrected chi connectivity index (χ1v) is 16.6. The van der Waals surface area contributed by atoms with Crippen LogP contribution < -0.4 is 10.7 Å². The number of nitrogens with zero attached hydrogens (tertiary/aromatic N) is 4. The normalized spacial score (nSPS) is 16.1. The summed E-state index contributed by atoms with van der Waals surface area (Å²) in [5.74, 6) is -0.178. The molecule has 0 saturated carbocycles.